The molecular formula is C10H20N2O2. The average Bonchev–Trinajstić information content (AvgIpc) is 2.65. The van der Waals surface area contributed by atoms with Crippen molar-refractivity contribution in [2.75, 3.05) is 26.8 Å². The smallest absolute Gasteiger partial charge is 0.246 e. The summed E-state index contributed by atoms with van der Waals surface area (Å²) in [7, 11) is 1.86. The van der Waals surface area contributed by atoms with Crippen LogP contribution in [0.25, 0.3) is 0 Å². The molecule has 0 aliphatic heterocycles. The Bertz CT molecular complexity index is 168. The molecule has 0 aromatic rings. The van der Waals surface area contributed by atoms with Gasteiger partial charge in [0, 0.05) is 12.6 Å². The van der Waals surface area contributed by atoms with Crippen LogP contribution in [0, 0.1) is 0 Å². The topological polar surface area (TPSA) is 50.4 Å². The Hall–Kier alpha value is -0.610. The first kappa shape index (κ1) is 11.5. The van der Waals surface area contributed by atoms with Gasteiger partial charge in [0.15, 0.2) is 0 Å². The van der Waals surface area contributed by atoms with E-state index >= 15 is 0 Å². The molecule has 0 spiro atoms. The van der Waals surface area contributed by atoms with Crippen LogP contribution >= 0.6 is 0 Å². The van der Waals surface area contributed by atoms with Gasteiger partial charge < -0.3 is 15.4 Å². The van der Waals surface area contributed by atoms with E-state index < -0.39 is 0 Å². The highest BCUT2D eigenvalue weighted by atomic mass is 16.5. The van der Waals surface area contributed by atoms with Crippen LogP contribution in [0.3, 0.4) is 0 Å². The number of amides is 1. The third-order valence-electron chi connectivity index (χ3n) is 2.45. The molecule has 1 aliphatic rings. The number of carbonyl (C=O) groups is 1. The van der Waals surface area contributed by atoms with Crippen molar-refractivity contribution in [2.24, 2.45) is 0 Å². The molecule has 82 valence electrons. The van der Waals surface area contributed by atoms with Crippen LogP contribution in [0.5, 0.6) is 0 Å². The minimum atomic E-state index is 0.0213. The highest BCUT2D eigenvalue weighted by molar-refractivity contribution is 5.77. The molecule has 1 rings (SSSR count). The monoisotopic (exact) mass is 200 g/mol. The number of nitrogens with one attached hydrogen (secondary N) is 2. The Balaban J connectivity index is 1.98. The van der Waals surface area contributed by atoms with Gasteiger partial charge in [-0.2, -0.15) is 0 Å². The standard InChI is InChI=1S/C10H20N2O2/c1-11-6-7-14-8-10(13)12-9-4-2-3-5-9/h9,11H,2-8H2,1H3,(H,12,13). The van der Waals surface area contributed by atoms with Crippen molar-refractivity contribution in [3.8, 4) is 0 Å². The van der Waals surface area contributed by atoms with E-state index in [1.54, 1.807) is 0 Å². The molecule has 1 fully saturated rings. The number of ether oxygens (including phenoxy) is 1. The molecule has 0 aromatic carbocycles. The lowest BCUT2D eigenvalue weighted by molar-refractivity contribution is -0.126. The number of hydrogen-bond donors (Lipinski definition) is 2. The summed E-state index contributed by atoms with van der Waals surface area (Å²) in [4.78, 5) is 11.3. The molecule has 1 saturated carbocycles. The number of carbonyl (C=O) groups excluding carboxylic acids is 1. The van der Waals surface area contributed by atoms with Gasteiger partial charge in [-0.1, -0.05) is 12.8 Å². The zero-order chi connectivity index (χ0) is 10.2. The van der Waals surface area contributed by atoms with Crippen molar-refractivity contribution < 1.29 is 9.53 Å². The van der Waals surface area contributed by atoms with Crippen molar-refractivity contribution in [3.63, 3.8) is 0 Å². The minimum Gasteiger partial charge on any atom is -0.370 e. The third kappa shape index (κ3) is 4.58. The zero-order valence-corrected chi connectivity index (χ0v) is 8.84. The highest BCUT2D eigenvalue weighted by Crippen LogP contribution is 2.17. The lowest BCUT2D eigenvalue weighted by Crippen LogP contribution is -2.35. The van der Waals surface area contributed by atoms with Crippen LogP contribution < -0.4 is 10.6 Å². The summed E-state index contributed by atoms with van der Waals surface area (Å²) in [5.74, 6) is 0.0213. The van der Waals surface area contributed by atoms with Gasteiger partial charge in [-0.15, -0.1) is 0 Å². The van der Waals surface area contributed by atoms with Gasteiger partial charge in [0.2, 0.25) is 5.91 Å². The second kappa shape index (κ2) is 6.79. The Kier molecular flexibility index (Phi) is 5.56. The average molecular weight is 200 g/mol. The Morgan fingerprint density at radius 1 is 1.43 bits per heavy atom. The van der Waals surface area contributed by atoms with E-state index in [0.717, 1.165) is 19.4 Å². The molecule has 1 aliphatic carbocycles. The van der Waals surface area contributed by atoms with E-state index in [9.17, 15) is 4.79 Å². The van der Waals surface area contributed by atoms with E-state index in [0.29, 0.717) is 12.6 Å². The summed E-state index contributed by atoms with van der Waals surface area (Å²) in [6.45, 7) is 1.57. The maximum absolute atomic E-state index is 11.3. The highest BCUT2D eigenvalue weighted by Gasteiger charge is 2.16. The summed E-state index contributed by atoms with van der Waals surface area (Å²) in [5.41, 5.74) is 0. The maximum Gasteiger partial charge on any atom is 0.246 e. The largest absolute Gasteiger partial charge is 0.370 e. The van der Waals surface area contributed by atoms with E-state index in [-0.39, 0.29) is 12.5 Å². The summed E-state index contributed by atoms with van der Waals surface area (Å²) in [6.07, 6.45) is 4.74. The first-order valence-corrected chi connectivity index (χ1v) is 5.34. The molecule has 4 heteroatoms. The van der Waals surface area contributed by atoms with Crippen LogP contribution in [0.4, 0.5) is 0 Å². The van der Waals surface area contributed by atoms with Crippen LogP contribution in [0.1, 0.15) is 25.7 Å². The maximum atomic E-state index is 11.3. The fourth-order valence-corrected chi connectivity index (χ4v) is 1.68. The fourth-order valence-electron chi connectivity index (χ4n) is 1.68. The zero-order valence-electron chi connectivity index (χ0n) is 8.84. The van der Waals surface area contributed by atoms with E-state index in [2.05, 4.69) is 10.6 Å². The number of rotatable bonds is 6. The number of likely N-dealkylation sites (N-methyl/N-ethyl adjacent to an activating group) is 1. The van der Waals surface area contributed by atoms with Crippen LogP contribution in [-0.2, 0) is 9.53 Å². The van der Waals surface area contributed by atoms with Gasteiger partial charge in [0.1, 0.15) is 6.61 Å². The van der Waals surface area contributed by atoms with Crippen molar-refractivity contribution in [3.05, 3.63) is 0 Å². The predicted octanol–water partition coefficient (Wildman–Crippen LogP) is 0.281. The first-order chi connectivity index (χ1) is 6.83. The van der Waals surface area contributed by atoms with Gasteiger partial charge in [0.25, 0.3) is 0 Å². The quantitative estimate of drug-likeness (QED) is 0.606. The molecule has 4 nitrogen and oxygen atoms in total. The van der Waals surface area contributed by atoms with Crippen molar-refractivity contribution in [1.82, 2.24) is 10.6 Å². The van der Waals surface area contributed by atoms with Crippen LogP contribution in [0.2, 0.25) is 0 Å². The minimum absolute atomic E-state index is 0.0213. The lowest BCUT2D eigenvalue weighted by Gasteiger charge is -2.11. The van der Waals surface area contributed by atoms with Gasteiger partial charge in [-0.05, 0) is 19.9 Å². The third-order valence-corrected chi connectivity index (χ3v) is 2.45. The molecule has 0 atom stereocenters. The SMILES string of the molecule is CNCCOCC(=O)NC1CCCC1. The van der Waals surface area contributed by atoms with Gasteiger partial charge in [-0.25, -0.2) is 0 Å². The van der Waals surface area contributed by atoms with E-state index in [1.807, 2.05) is 7.05 Å². The summed E-state index contributed by atoms with van der Waals surface area (Å²) >= 11 is 0. The molecule has 0 unspecified atom stereocenters. The van der Waals surface area contributed by atoms with Crippen LogP contribution in [-0.4, -0.2) is 38.8 Å². The Morgan fingerprint density at radius 3 is 2.79 bits per heavy atom. The van der Waals surface area contributed by atoms with Gasteiger partial charge >= 0.3 is 0 Å². The Labute approximate surface area is 85.4 Å². The molecule has 0 saturated heterocycles. The van der Waals surface area contributed by atoms with E-state index in [4.69, 9.17) is 4.74 Å². The second-order valence-corrected chi connectivity index (χ2v) is 3.71. The van der Waals surface area contributed by atoms with Crippen molar-refractivity contribution in [2.45, 2.75) is 31.7 Å². The summed E-state index contributed by atoms with van der Waals surface area (Å²) in [5, 5.41) is 5.93. The summed E-state index contributed by atoms with van der Waals surface area (Å²) < 4.78 is 5.17. The fraction of sp³-hybridized carbons (Fsp3) is 0.900. The molecule has 1 amide bonds. The first-order valence-electron chi connectivity index (χ1n) is 5.34. The molecule has 14 heavy (non-hydrogen) atoms. The van der Waals surface area contributed by atoms with E-state index in [1.165, 1.54) is 12.8 Å². The Morgan fingerprint density at radius 2 is 2.14 bits per heavy atom. The van der Waals surface area contributed by atoms with Crippen LogP contribution in [0.15, 0.2) is 0 Å². The second-order valence-electron chi connectivity index (χ2n) is 3.71. The molecule has 0 radical (unpaired) electrons. The van der Waals surface area contributed by atoms with Crippen molar-refractivity contribution in [1.29, 1.82) is 0 Å². The summed E-state index contributed by atoms with van der Waals surface area (Å²) in [6, 6.07) is 0.399. The predicted molar refractivity (Wildman–Crippen MR) is 55.1 cm³/mol. The molecule has 0 heterocycles. The molecule has 2 N–H and O–H groups in total. The van der Waals surface area contributed by atoms with Gasteiger partial charge in [-0.3, -0.25) is 4.79 Å². The number of hydrogen-bond acceptors (Lipinski definition) is 3. The van der Waals surface area contributed by atoms with Crippen molar-refractivity contribution >= 4 is 5.91 Å². The molecule has 0 bridgehead atoms. The molecule has 0 aromatic heterocycles. The normalized spacial score (nSPS) is 17.2. The lowest BCUT2D eigenvalue weighted by atomic mass is 10.2. The molecular weight excluding hydrogens is 180 g/mol. The van der Waals surface area contributed by atoms with Gasteiger partial charge in [0.05, 0.1) is 6.61 Å².